The molecule has 14 heavy (non-hydrogen) atoms. The van der Waals surface area contributed by atoms with E-state index >= 15 is 0 Å². The standard InChI is InChI=1S/C10H18F3N/c1-9(2,3)14-6-4-5-8(7-14)10(11,12)13/h8H,4-7H2,1-3H3. The molecule has 0 aromatic carbocycles. The molecule has 0 aliphatic carbocycles. The summed E-state index contributed by atoms with van der Waals surface area (Å²) in [6, 6.07) is 0. The summed E-state index contributed by atoms with van der Waals surface area (Å²) >= 11 is 0. The first kappa shape index (κ1) is 11.8. The summed E-state index contributed by atoms with van der Waals surface area (Å²) in [5, 5.41) is 0. The summed E-state index contributed by atoms with van der Waals surface area (Å²) < 4.78 is 37.4. The van der Waals surface area contributed by atoms with Gasteiger partial charge in [-0.05, 0) is 40.2 Å². The zero-order valence-corrected chi connectivity index (χ0v) is 8.99. The lowest BCUT2D eigenvalue weighted by atomic mass is 9.93. The molecule has 1 aliphatic rings. The zero-order chi connectivity index (χ0) is 11.0. The highest BCUT2D eigenvalue weighted by molar-refractivity contribution is 4.84. The third kappa shape index (κ3) is 2.87. The van der Waals surface area contributed by atoms with Crippen molar-refractivity contribution in [1.82, 2.24) is 4.90 Å². The van der Waals surface area contributed by atoms with Crippen molar-refractivity contribution in [2.75, 3.05) is 13.1 Å². The first-order chi connectivity index (χ1) is 6.21. The molecule has 0 aromatic rings. The Morgan fingerprint density at radius 1 is 1.14 bits per heavy atom. The van der Waals surface area contributed by atoms with Crippen LogP contribution in [0.5, 0.6) is 0 Å². The second kappa shape index (κ2) is 3.72. The Balaban J connectivity index is 2.61. The van der Waals surface area contributed by atoms with Crippen LogP contribution in [-0.2, 0) is 0 Å². The maximum Gasteiger partial charge on any atom is 0.393 e. The lowest BCUT2D eigenvalue weighted by molar-refractivity contribution is -0.190. The maximum absolute atomic E-state index is 12.5. The number of halogens is 3. The second-order valence-electron chi connectivity index (χ2n) is 5.00. The van der Waals surface area contributed by atoms with E-state index in [-0.39, 0.29) is 18.5 Å². The van der Waals surface area contributed by atoms with E-state index in [1.54, 1.807) is 0 Å². The number of hydrogen-bond acceptors (Lipinski definition) is 1. The third-order valence-electron chi connectivity index (χ3n) is 2.83. The molecule has 0 amide bonds. The van der Waals surface area contributed by atoms with Gasteiger partial charge >= 0.3 is 6.18 Å². The van der Waals surface area contributed by atoms with Gasteiger partial charge in [0.15, 0.2) is 0 Å². The number of alkyl halides is 3. The van der Waals surface area contributed by atoms with E-state index in [1.165, 1.54) is 0 Å². The quantitative estimate of drug-likeness (QED) is 0.592. The Morgan fingerprint density at radius 2 is 1.71 bits per heavy atom. The Morgan fingerprint density at radius 3 is 2.14 bits per heavy atom. The van der Waals surface area contributed by atoms with Gasteiger partial charge in [-0.1, -0.05) is 0 Å². The smallest absolute Gasteiger partial charge is 0.298 e. The highest BCUT2D eigenvalue weighted by Gasteiger charge is 2.43. The van der Waals surface area contributed by atoms with Crippen LogP contribution in [0.3, 0.4) is 0 Å². The van der Waals surface area contributed by atoms with Crippen molar-refractivity contribution in [3.63, 3.8) is 0 Å². The molecular weight excluding hydrogens is 191 g/mol. The van der Waals surface area contributed by atoms with Gasteiger partial charge in [-0.2, -0.15) is 13.2 Å². The van der Waals surface area contributed by atoms with E-state index in [0.29, 0.717) is 6.42 Å². The number of piperidine rings is 1. The van der Waals surface area contributed by atoms with Gasteiger partial charge in [0.1, 0.15) is 0 Å². The fourth-order valence-corrected chi connectivity index (χ4v) is 1.85. The first-order valence-corrected chi connectivity index (χ1v) is 5.03. The molecule has 1 fully saturated rings. The lowest BCUT2D eigenvalue weighted by Gasteiger charge is -2.42. The monoisotopic (exact) mass is 209 g/mol. The molecule has 1 heterocycles. The van der Waals surface area contributed by atoms with Gasteiger partial charge in [0.2, 0.25) is 0 Å². The minimum absolute atomic E-state index is 0.149. The van der Waals surface area contributed by atoms with Crippen molar-refractivity contribution < 1.29 is 13.2 Å². The number of likely N-dealkylation sites (tertiary alicyclic amines) is 1. The zero-order valence-electron chi connectivity index (χ0n) is 8.99. The highest BCUT2D eigenvalue weighted by atomic mass is 19.4. The maximum atomic E-state index is 12.5. The van der Waals surface area contributed by atoms with Crippen molar-refractivity contribution in [3.8, 4) is 0 Å². The Hall–Kier alpha value is -0.250. The van der Waals surface area contributed by atoms with Gasteiger partial charge in [0, 0.05) is 12.1 Å². The number of nitrogens with zero attached hydrogens (tertiary/aromatic N) is 1. The third-order valence-corrected chi connectivity index (χ3v) is 2.83. The minimum Gasteiger partial charge on any atom is -0.298 e. The highest BCUT2D eigenvalue weighted by Crippen LogP contribution is 2.35. The van der Waals surface area contributed by atoms with Crippen LogP contribution < -0.4 is 0 Å². The van der Waals surface area contributed by atoms with E-state index < -0.39 is 12.1 Å². The SMILES string of the molecule is CC(C)(C)N1CCCC(C(F)(F)F)C1. The molecule has 1 nitrogen and oxygen atoms in total. The van der Waals surface area contributed by atoms with E-state index in [0.717, 1.165) is 6.54 Å². The fourth-order valence-electron chi connectivity index (χ4n) is 1.85. The molecule has 4 heteroatoms. The van der Waals surface area contributed by atoms with Crippen LogP contribution in [0.4, 0.5) is 13.2 Å². The predicted octanol–water partition coefficient (Wildman–Crippen LogP) is 3.06. The van der Waals surface area contributed by atoms with Gasteiger partial charge in [0.25, 0.3) is 0 Å². The molecule has 0 spiro atoms. The molecule has 0 aromatic heterocycles. The van der Waals surface area contributed by atoms with Gasteiger partial charge in [-0.25, -0.2) is 0 Å². The number of rotatable bonds is 0. The van der Waals surface area contributed by atoms with Gasteiger partial charge in [0.05, 0.1) is 5.92 Å². The average molecular weight is 209 g/mol. The van der Waals surface area contributed by atoms with E-state index in [2.05, 4.69) is 0 Å². The topological polar surface area (TPSA) is 3.24 Å². The summed E-state index contributed by atoms with van der Waals surface area (Å²) in [6.45, 7) is 6.84. The van der Waals surface area contributed by atoms with Crippen LogP contribution in [0.2, 0.25) is 0 Å². The average Bonchev–Trinajstić information content (AvgIpc) is 2.01. The van der Waals surface area contributed by atoms with Gasteiger partial charge in [-0.15, -0.1) is 0 Å². The van der Waals surface area contributed by atoms with Gasteiger partial charge < -0.3 is 0 Å². The summed E-state index contributed by atoms with van der Waals surface area (Å²) in [4.78, 5) is 1.93. The fraction of sp³-hybridized carbons (Fsp3) is 1.00. The van der Waals surface area contributed by atoms with Crippen LogP contribution in [0, 0.1) is 5.92 Å². The predicted molar refractivity (Wildman–Crippen MR) is 50.1 cm³/mol. The molecule has 0 N–H and O–H groups in total. The molecule has 1 unspecified atom stereocenters. The van der Waals surface area contributed by atoms with E-state index in [4.69, 9.17) is 0 Å². The van der Waals surface area contributed by atoms with Crippen LogP contribution in [0.1, 0.15) is 33.6 Å². The Kier molecular flexibility index (Phi) is 3.14. The van der Waals surface area contributed by atoms with Gasteiger partial charge in [-0.3, -0.25) is 4.90 Å². The Labute approximate surface area is 83.3 Å². The van der Waals surface area contributed by atoms with Crippen molar-refractivity contribution in [2.45, 2.75) is 45.3 Å². The van der Waals surface area contributed by atoms with Crippen molar-refractivity contribution in [1.29, 1.82) is 0 Å². The van der Waals surface area contributed by atoms with Crippen molar-refractivity contribution in [2.24, 2.45) is 5.92 Å². The van der Waals surface area contributed by atoms with Crippen molar-refractivity contribution in [3.05, 3.63) is 0 Å². The molecule has 1 aliphatic heterocycles. The molecule has 1 rings (SSSR count). The summed E-state index contributed by atoms with van der Waals surface area (Å²) in [5.74, 6) is -1.13. The van der Waals surface area contributed by atoms with E-state index in [1.807, 2.05) is 25.7 Å². The first-order valence-electron chi connectivity index (χ1n) is 5.03. The van der Waals surface area contributed by atoms with Crippen LogP contribution in [0.15, 0.2) is 0 Å². The summed E-state index contributed by atoms with van der Waals surface area (Å²) in [5.41, 5.74) is -0.149. The molecule has 0 saturated carbocycles. The lowest BCUT2D eigenvalue weighted by Crippen LogP contribution is -2.50. The van der Waals surface area contributed by atoms with Crippen LogP contribution >= 0.6 is 0 Å². The molecule has 84 valence electrons. The largest absolute Gasteiger partial charge is 0.393 e. The van der Waals surface area contributed by atoms with E-state index in [9.17, 15) is 13.2 Å². The molecular formula is C10H18F3N. The Bertz CT molecular complexity index is 173. The van der Waals surface area contributed by atoms with Crippen LogP contribution in [0.25, 0.3) is 0 Å². The second-order valence-corrected chi connectivity index (χ2v) is 5.00. The van der Waals surface area contributed by atoms with Crippen LogP contribution in [-0.4, -0.2) is 29.7 Å². The normalized spacial score (nSPS) is 26.6. The number of hydrogen-bond donors (Lipinski definition) is 0. The molecule has 1 saturated heterocycles. The summed E-state index contributed by atoms with van der Waals surface area (Å²) in [7, 11) is 0. The minimum atomic E-state index is -4.02. The molecule has 0 bridgehead atoms. The van der Waals surface area contributed by atoms with Crippen molar-refractivity contribution >= 4 is 0 Å². The summed E-state index contributed by atoms with van der Waals surface area (Å²) in [6.07, 6.45) is -3.08. The molecule has 1 atom stereocenters. The molecule has 0 radical (unpaired) electrons.